The molecule has 144 valence electrons. The van der Waals surface area contributed by atoms with Gasteiger partial charge < -0.3 is 13.9 Å². The molecule has 1 aromatic carbocycles. The molecule has 0 unspecified atom stereocenters. The number of fused-ring (bicyclic) bond motifs is 1. The van der Waals surface area contributed by atoms with Crippen LogP contribution in [0.1, 0.15) is 28.9 Å². The predicted octanol–water partition coefficient (Wildman–Crippen LogP) is 5.72. The van der Waals surface area contributed by atoms with Gasteiger partial charge in [-0.1, -0.05) is 19.1 Å². The van der Waals surface area contributed by atoms with Crippen molar-refractivity contribution in [2.24, 2.45) is 0 Å². The van der Waals surface area contributed by atoms with E-state index in [0.717, 1.165) is 45.0 Å². The average molecular weight is 394 g/mol. The maximum atomic E-state index is 6.05. The summed E-state index contributed by atoms with van der Waals surface area (Å²) in [7, 11) is 1.67. The molecular formula is C22H22N2O3S. The highest BCUT2D eigenvalue weighted by molar-refractivity contribution is 7.18. The van der Waals surface area contributed by atoms with Crippen LogP contribution in [-0.2, 0) is 13.0 Å². The highest BCUT2D eigenvalue weighted by Gasteiger charge is 2.16. The maximum Gasteiger partial charge on any atom is 0.226 e. The van der Waals surface area contributed by atoms with Gasteiger partial charge in [0.25, 0.3) is 0 Å². The van der Waals surface area contributed by atoms with Crippen LogP contribution in [0.25, 0.3) is 21.3 Å². The molecule has 6 heteroatoms. The molecule has 0 aliphatic carbocycles. The molecule has 0 radical (unpaired) electrons. The second-order valence-electron chi connectivity index (χ2n) is 6.56. The number of thiophene rings is 1. The quantitative estimate of drug-likeness (QED) is 0.419. The van der Waals surface area contributed by atoms with Gasteiger partial charge in [0.15, 0.2) is 0 Å². The summed E-state index contributed by atoms with van der Waals surface area (Å²) in [4.78, 5) is 10.9. The molecular weight excluding hydrogens is 372 g/mol. The van der Waals surface area contributed by atoms with Gasteiger partial charge in [-0.2, -0.15) is 0 Å². The highest BCUT2D eigenvalue weighted by atomic mass is 32.1. The smallest absolute Gasteiger partial charge is 0.226 e. The monoisotopic (exact) mass is 394 g/mol. The molecule has 0 aliphatic rings. The van der Waals surface area contributed by atoms with E-state index in [-0.39, 0.29) is 0 Å². The first-order valence-corrected chi connectivity index (χ1v) is 10.0. The molecule has 5 nitrogen and oxygen atoms in total. The normalized spacial score (nSPS) is 11.1. The molecule has 0 bridgehead atoms. The van der Waals surface area contributed by atoms with Crippen molar-refractivity contribution in [2.75, 3.05) is 7.11 Å². The molecule has 0 fully saturated rings. The number of rotatable bonds is 6. The third kappa shape index (κ3) is 3.36. The van der Waals surface area contributed by atoms with Crippen molar-refractivity contribution in [1.29, 1.82) is 0 Å². The van der Waals surface area contributed by atoms with Gasteiger partial charge in [-0.3, -0.25) is 0 Å². The molecule has 3 heterocycles. The summed E-state index contributed by atoms with van der Waals surface area (Å²) in [6.07, 6.45) is 2.36. The standard InChI is InChI=1S/C22H22N2O3S/c1-5-19-18(15-6-8-16(25-4)9-7-15)10-17(27-19)11-26-21-20-13(2)14(3)28-22(20)24-12-23-21/h6-10,12H,5,11H2,1-4H3. The Labute approximate surface area is 168 Å². The Bertz CT molecular complexity index is 1110. The van der Waals surface area contributed by atoms with Gasteiger partial charge in [-0.15, -0.1) is 11.3 Å². The van der Waals surface area contributed by atoms with Crippen LogP contribution in [0.5, 0.6) is 11.6 Å². The number of hydrogen-bond donors (Lipinski definition) is 0. The second kappa shape index (κ2) is 7.64. The highest BCUT2D eigenvalue weighted by Crippen LogP contribution is 2.34. The Morgan fingerprint density at radius 3 is 2.61 bits per heavy atom. The zero-order valence-corrected chi connectivity index (χ0v) is 17.2. The van der Waals surface area contributed by atoms with E-state index >= 15 is 0 Å². The Kier molecular flexibility index (Phi) is 5.05. The van der Waals surface area contributed by atoms with Crippen LogP contribution < -0.4 is 9.47 Å². The molecule has 0 amide bonds. The largest absolute Gasteiger partial charge is 0.497 e. The summed E-state index contributed by atoms with van der Waals surface area (Å²) < 4.78 is 17.3. The second-order valence-corrected chi connectivity index (χ2v) is 7.77. The van der Waals surface area contributed by atoms with E-state index in [1.807, 2.05) is 30.3 Å². The number of aryl methyl sites for hydroxylation is 3. The van der Waals surface area contributed by atoms with Crippen molar-refractivity contribution in [1.82, 2.24) is 9.97 Å². The number of ether oxygens (including phenoxy) is 2. The predicted molar refractivity (Wildman–Crippen MR) is 111 cm³/mol. The SMILES string of the molecule is CCc1oc(COc2ncnc3sc(C)c(C)c23)cc1-c1ccc(OC)cc1. The van der Waals surface area contributed by atoms with Gasteiger partial charge >= 0.3 is 0 Å². The lowest BCUT2D eigenvalue weighted by Crippen LogP contribution is -1.97. The van der Waals surface area contributed by atoms with E-state index in [0.29, 0.717) is 12.5 Å². The molecule has 0 saturated carbocycles. The lowest BCUT2D eigenvalue weighted by molar-refractivity contribution is 0.260. The Hall–Kier alpha value is -2.86. The lowest BCUT2D eigenvalue weighted by atomic mass is 10.0. The average Bonchev–Trinajstić information content (AvgIpc) is 3.27. The van der Waals surface area contributed by atoms with E-state index in [9.17, 15) is 0 Å². The first-order valence-electron chi connectivity index (χ1n) is 9.20. The van der Waals surface area contributed by atoms with Gasteiger partial charge in [0, 0.05) is 16.9 Å². The third-order valence-electron chi connectivity index (χ3n) is 4.86. The van der Waals surface area contributed by atoms with E-state index in [1.165, 1.54) is 10.4 Å². The van der Waals surface area contributed by atoms with Crippen LogP contribution in [0.15, 0.2) is 41.1 Å². The number of furan rings is 1. The first kappa shape index (κ1) is 18.5. The minimum Gasteiger partial charge on any atom is -0.497 e. The van der Waals surface area contributed by atoms with Gasteiger partial charge in [-0.25, -0.2) is 9.97 Å². The van der Waals surface area contributed by atoms with E-state index < -0.39 is 0 Å². The minimum atomic E-state index is 0.323. The lowest BCUT2D eigenvalue weighted by Gasteiger charge is -2.05. The molecule has 0 spiro atoms. The van der Waals surface area contributed by atoms with Crippen molar-refractivity contribution in [2.45, 2.75) is 33.8 Å². The molecule has 3 aromatic heterocycles. The fourth-order valence-electron chi connectivity index (χ4n) is 3.23. The van der Waals surface area contributed by atoms with Crippen LogP contribution >= 0.6 is 11.3 Å². The van der Waals surface area contributed by atoms with Crippen LogP contribution in [0, 0.1) is 13.8 Å². The van der Waals surface area contributed by atoms with E-state index in [1.54, 1.807) is 24.8 Å². The van der Waals surface area contributed by atoms with Crippen molar-refractivity contribution >= 4 is 21.6 Å². The molecule has 28 heavy (non-hydrogen) atoms. The van der Waals surface area contributed by atoms with Gasteiger partial charge in [0.1, 0.15) is 35.0 Å². The molecule has 0 atom stereocenters. The minimum absolute atomic E-state index is 0.323. The fraction of sp³-hybridized carbons (Fsp3) is 0.273. The first-order chi connectivity index (χ1) is 13.6. The van der Waals surface area contributed by atoms with Crippen LogP contribution in [0.3, 0.4) is 0 Å². The summed E-state index contributed by atoms with van der Waals surface area (Å²) in [5, 5.41) is 0.989. The summed E-state index contributed by atoms with van der Waals surface area (Å²) in [6.45, 7) is 6.58. The van der Waals surface area contributed by atoms with Crippen molar-refractivity contribution in [3.05, 3.63) is 58.6 Å². The van der Waals surface area contributed by atoms with Crippen LogP contribution in [0.2, 0.25) is 0 Å². The molecule has 0 N–H and O–H groups in total. The summed E-state index contributed by atoms with van der Waals surface area (Å²) in [5.74, 6) is 3.16. The fourth-order valence-corrected chi connectivity index (χ4v) is 4.22. The van der Waals surface area contributed by atoms with E-state index in [4.69, 9.17) is 13.9 Å². The van der Waals surface area contributed by atoms with Crippen LogP contribution in [-0.4, -0.2) is 17.1 Å². The molecule has 4 aromatic rings. The van der Waals surface area contributed by atoms with E-state index in [2.05, 4.69) is 30.7 Å². The van der Waals surface area contributed by atoms with Crippen molar-refractivity contribution in [3.63, 3.8) is 0 Å². The summed E-state index contributed by atoms with van der Waals surface area (Å²) >= 11 is 1.66. The van der Waals surface area contributed by atoms with Crippen molar-refractivity contribution in [3.8, 4) is 22.8 Å². The van der Waals surface area contributed by atoms with Gasteiger partial charge in [0.2, 0.25) is 5.88 Å². The summed E-state index contributed by atoms with van der Waals surface area (Å²) in [6, 6.07) is 10.0. The van der Waals surface area contributed by atoms with Crippen LogP contribution in [0.4, 0.5) is 0 Å². The third-order valence-corrected chi connectivity index (χ3v) is 5.98. The van der Waals surface area contributed by atoms with Crippen molar-refractivity contribution < 1.29 is 13.9 Å². The number of methoxy groups -OCH3 is 1. The van der Waals surface area contributed by atoms with Gasteiger partial charge in [-0.05, 0) is 43.2 Å². The zero-order chi connectivity index (χ0) is 19.7. The molecule has 0 aliphatic heterocycles. The molecule has 0 saturated heterocycles. The topological polar surface area (TPSA) is 57.4 Å². The number of nitrogens with zero attached hydrogens (tertiary/aromatic N) is 2. The zero-order valence-electron chi connectivity index (χ0n) is 16.4. The Balaban J connectivity index is 1.60. The number of benzene rings is 1. The Morgan fingerprint density at radius 2 is 1.89 bits per heavy atom. The molecule has 4 rings (SSSR count). The van der Waals surface area contributed by atoms with Gasteiger partial charge in [0.05, 0.1) is 12.5 Å². The number of aromatic nitrogens is 2. The summed E-state index contributed by atoms with van der Waals surface area (Å²) in [5.41, 5.74) is 3.35. The number of hydrogen-bond acceptors (Lipinski definition) is 6. The maximum absolute atomic E-state index is 6.05. The Morgan fingerprint density at radius 1 is 1.11 bits per heavy atom.